The van der Waals surface area contributed by atoms with Crippen LogP contribution in [0.1, 0.15) is 31.2 Å². The van der Waals surface area contributed by atoms with Gasteiger partial charge in [-0.2, -0.15) is 13.2 Å². The van der Waals surface area contributed by atoms with E-state index in [2.05, 4.69) is 25.2 Å². The van der Waals surface area contributed by atoms with E-state index in [0.717, 1.165) is 0 Å². The van der Waals surface area contributed by atoms with Crippen molar-refractivity contribution in [2.24, 2.45) is 0 Å². The summed E-state index contributed by atoms with van der Waals surface area (Å²) in [4.78, 5) is 5.47. The molecule has 190 valence electrons. The van der Waals surface area contributed by atoms with Gasteiger partial charge in [-0.25, -0.2) is 26.9 Å². The van der Waals surface area contributed by atoms with Crippen LogP contribution in [-0.2, 0) is 10.0 Å². The van der Waals surface area contributed by atoms with Crippen LogP contribution < -0.4 is 14.9 Å². The van der Waals surface area contributed by atoms with Crippen LogP contribution in [0.4, 0.5) is 27.6 Å². The maximum Gasteiger partial charge on any atom is 0.405 e. The molecular weight excluding hydrogens is 517 g/mol. The number of piperazine rings is 1. The monoisotopic (exact) mass is 537 g/mol. The Balaban J connectivity index is 1.64. The Kier molecular flexibility index (Phi) is 5.77. The Morgan fingerprint density at radius 1 is 1.29 bits per heavy atom. The van der Waals surface area contributed by atoms with Crippen LogP contribution in [0.15, 0.2) is 23.4 Å². The maximum absolute atomic E-state index is 13.4. The molecule has 1 aliphatic carbocycles. The molecular formula is C19H20F5N7O2S2. The van der Waals surface area contributed by atoms with E-state index in [-0.39, 0.29) is 34.5 Å². The highest BCUT2D eigenvalue weighted by Gasteiger charge is 2.43. The summed E-state index contributed by atoms with van der Waals surface area (Å²) in [5, 5.41) is 9.12. The highest BCUT2D eigenvalue weighted by molar-refractivity contribution is 7.89. The van der Waals surface area contributed by atoms with Crippen LogP contribution in [0.3, 0.4) is 0 Å². The number of nitrogens with one attached hydrogen (secondary N) is 2. The van der Waals surface area contributed by atoms with Crippen molar-refractivity contribution < 1.29 is 30.4 Å². The van der Waals surface area contributed by atoms with Gasteiger partial charge in [0.25, 0.3) is 6.43 Å². The lowest BCUT2D eigenvalue weighted by Gasteiger charge is -2.36. The summed E-state index contributed by atoms with van der Waals surface area (Å²) in [6.45, 7) is 1.52. The molecule has 0 aromatic carbocycles. The summed E-state index contributed by atoms with van der Waals surface area (Å²) in [7, 11) is -4.05. The largest absolute Gasteiger partial charge is 0.405 e. The van der Waals surface area contributed by atoms with E-state index in [0.29, 0.717) is 29.7 Å². The lowest BCUT2D eigenvalue weighted by atomic mass is 10.1. The minimum Gasteiger partial charge on any atom is -0.367 e. The molecule has 2 N–H and O–H groups in total. The number of nitrogens with zero attached hydrogens (tertiary/aromatic N) is 5. The predicted molar refractivity (Wildman–Crippen MR) is 117 cm³/mol. The highest BCUT2D eigenvalue weighted by Crippen LogP contribution is 2.38. The molecule has 9 nitrogen and oxygen atoms in total. The number of sulfonamides is 1. The van der Waals surface area contributed by atoms with Gasteiger partial charge in [0.15, 0.2) is 15.8 Å². The van der Waals surface area contributed by atoms with Crippen LogP contribution >= 0.6 is 11.3 Å². The van der Waals surface area contributed by atoms with Gasteiger partial charge in [0.1, 0.15) is 10.9 Å². The summed E-state index contributed by atoms with van der Waals surface area (Å²) >= 11 is 0.599. The predicted octanol–water partition coefficient (Wildman–Crippen LogP) is 2.96. The van der Waals surface area contributed by atoms with Crippen molar-refractivity contribution in [3.63, 3.8) is 0 Å². The van der Waals surface area contributed by atoms with Gasteiger partial charge < -0.3 is 10.2 Å². The minimum atomic E-state index is -4.50. The Morgan fingerprint density at radius 3 is 2.66 bits per heavy atom. The SMILES string of the molecule is CC1(NS(=O)(=O)c2cc(N3CCNC(C(F)(F)F)C3)c3cnc(-c4nnc(C(F)F)s4)n3c2)CC1. The fourth-order valence-corrected chi connectivity index (χ4v) is 6.06. The molecule has 4 heterocycles. The molecule has 3 aromatic rings. The van der Waals surface area contributed by atoms with E-state index in [4.69, 9.17) is 0 Å². The third-order valence-corrected chi connectivity index (χ3v) is 8.55. The topological polar surface area (TPSA) is 105 Å². The number of halogens is 5. The second-order valence-corrected chi connectivity index (χ2v) is 11.5. The van der Waals surface area contributed by atoms with Crippen LogP contribution in [0, 0.1) is 0 Å². The van der Waals surface area contributed by atoms with Gasteiger partial charge in [-0.3, -0.25) is 4.40 Å². The fraction of sp³-hybridized carbons (Fsp3) is 0.526. The smallest absolute Gasteiger partial charge is 0.367 e. The Hall–Kier alpha value is -2.43. The van der Waals surface area contributed by atoms with E-state index >= 15 is 0 Å². The number of hydrogen-bond acceptors (Lipinski definition) is 8. The molecule has 16 heteroatoms. The first-order valence-corrected chi connectivity index (χ1v) is 12.9. The summed E-state index contributed by atoms with van der Waals surface area (Å²) in [6.07, 6.45) is -3.41. The van der Waals surface area contributed by atoms with Crippen LogP contribution in [0.2, 0.25) is 0 Å². The molecule has 1 aliphatic heterocycles. The summed E-state index contributed by atoms with van der Waals surface area (Å²) < 4.78 is 96.6. The molecule has 0 bridgehead atoms. The normalized spacial score (nSPS) is 20.7. The second kappa shape index (κ2) is 8.31. The summed E-state index contributed by atoms with van der Waals surface area (Å²) in [5.74, 6) is 0.0582. The molecule has 2 fully saturated rings. The van der Waals surface area contributed by atoms with Gasteiger partial charge in [0, 0.05) is 31.4 Å². The van der Waals surface area contributed by atoms with E-state index in [1.807, 2.05) is 0 Å². The van der Waals surface area contributed by atoms with Gasteiger partial charge in [0.05, 0.1) is 17.4 Å². The lowest BCUT2D eigenvalue weighted by molar-refractivity contribution is -0.155. The summed E-state index contributed by atoms with van der Waals surface area (Å²) in [6, 6.07) is -0.489. The third kappa shape index (κ3) is 4.71. The highest BCUT2D eigenvalue weighted by atomic mass is 32.2. The Morgan fingerprint density at radius 2 is 2.03 bits per heavy atom. The van der Waals surface area contributed by atoms with Gasteiger partial charge in [-0.15, -0.1) is 10.2 Å². The van der Waals surface area contributed by atoms with Crippen LogP contribution in [0.5, 0.6) is 0 Å². The van der Waals surface area contributed by atoms with Gasteiger partial charge >= 0.3 is 6.18 Å². The van der Waals surface area contributed by atoms with Gasteiger partial charge in [0.2, 0.25) is 10.0 Å². The summed E-state index contributed by atoms with van der Waals surface area (Å²) in [5.41, 5.74) is -0.0526. The molecule has 1 saturated heterocycles. The van der Waals surface area contributed by atoms with Crippen molar-refractivity contribution in [3.05, 3.63) is 23.5 Å². The Bertz CT molecular complexity index is 1370. The van der Waals surface area contributed by atoms with Gasteiger partial charge in [-0.05, 0) is 25.8 Å². The zero-order chi connectivity index (χ0) is 25.2. The fourth-order valence-electron chi connectivity index (χ4n) is 3.89. The number of aromatic nitrogens is 4. The molecule has 0 radical (unpaired) electrons. The minimum absolute atomic E-state index is 0.0244. The molecule has 1 saturated carbocycles. The average molecular weight is 538 g/mol. The number of anilines is 1. The van der Waals surface area contributed by atoms with Crippen molar-refractivity contribution in [1.29, 1.82) is 0 Å². The second-order valence-electron chi connectivity index (χ2n) is 8.80. The Labute approximate surface area is 200 Å². The molecule has 1 atom stereocenters. The molecule has 0 amide bonds. The molecule has 1 unspecified atom stereocenters. The zero-order valence-electron chi connectivity index (χ0n) is 18.2. The first kappa shape index (κ1) is 24.3. The standard InChI is InChI=1S/C19H20F5N7O2S2/c1-18(2-3-18)29-35(32,33)10-6-11(30-5-4-25-13(9-30)19(22,23)24)12-7-26-15(31(12)8-10)17-28-27-16(34-17)14(20)21/h6-8,13-14,25,29H,2-5,9H2,1H3. The molecule has 35 heavy (non-hydrogen) atoms. The number of pyridine rings is 1. The van der Waals surface area contributed by atoms with Crippen LogP contribution in [-0.4, -0.2) is 65.4 Å². The van der Waals surface area contributed by atoms with E-state index in [1.54, 1.807) is 6.92 Å². The van der Waals surface area contributed by atoms with Crippen molar-refractivity contribution in [1.82, 2.24) is 29.6 Å². The van der Waals surface area contributed by atoms with Gasteiger partial charge in [-0.1, -0.05) is 11.3 Å². The van der Waals surface area contributed by atoms with Crippen LogP contribution in [0.25, 0.3) is 16.3 Å². The average Bonchev–Trinajstić information content (AvgIpc) is 3.18. The van der Waals surface area contributed by atoms with E-state index in [1.165, 1.54) is 27.8 Å². The first-order valence-electron chi connectivity index (χ1n) is 10.6. The third-order valence-electron chi connectivity index (χ3n) is 6.02. The zero-order valence-corrected chi connectivity index (χ0v) is 19.8. The molecule has 5 rings (SSSR count). The van der Waals surface area contributed by atoms with Crippen molar-refractivity contribution in [2.75, 3.05) is 24.5 Å². The molecule has 2 aliphatic rings. The maximum atomic E-state index is 13.4. The van der Waals surface area contributed by atoms with Crippen molar-refractivity contribution >= 4 is 32.6 Å². The number of rotatable bonds is 6. The quantitative estimate of drug-likeness (QED) is 0.466. The molecule has 0 spiro atoms. The van der Waals surface area contributed by atoms with E-state index in [9.17, 15) is 30.4 Å². The van der Waals surface area contributed by atoms with Crippen molar-refractivity contribution in [2.45, 2.75) is 48.8 Å². The number of imidazole rings is 1. The first-order chi connectivity index (χ1) is 16.4. The number of hydrogen-bond donors (Lipinski definition) is 2. The number of alkyl halides is 5. The van der Waals surface area contributed by atoms with E-state index < -0.39 is 45.8 Å². The lowest BCUT2D eigenvalue weighted by Crippen LogP contribution is -2.57. The van der Waals surface area contributed by atoms with Crippen molar-refractivity contribution in [3.8, 4) is 10.8 Å². The number of fused-ring (bicyclic) bond motifs is 1. The molecule has 3 aromatic heterocycles.